The molecule has 40 heavy (non-hydrogen) atoms. The molecule has 214 valence electrons. The van der Waals surface area contributed by atoms with Crippen LogP contribution in [0.1, 0.15) is 99.9 Å². The molecule has 1 aromatic carbocycles. The van der Waals surface area contributed by atoms with Gasteiger partial charge in [0.25, 0.3) is 0 Å². The summed E-state index contributed by atoms with van der Waals surface area (Å²) < 4.78 is 5.41. The van der Waals surface area contributed by atoms with Crippen molar-refractivity contribution in [2.24, 2.45) is 22.6 Å². The third-order valence-corrected chi connectivity index (χ3v) is 9.37. The number of hydrogen-bond acceptors (Lipinski definition) is 5. The summed E-state index contributed by atoms with van der Waals surface area (Å²) in [6.07, 6.45) is 17.1. The SMILES string of the molecule is COc1ccc(C2CCC(CN(C(=O)C3CCCCC3)c3cccc(C(C=NC4CCC4)=CN)c3)CC2)nc1C. The predicted octanol–water partition coefficient (Wildman–Crippen LogP) is 7.21. The van der Waals surface area contributed by atoms with Crippen LogP contribution < -0.4 is 15.4 Å². The van der Waals surface area contributed by atoms with E-state index in [4.69, 9.17) is 20.4 Å². The minimum absolute atomic E-state index is 0.130. The van der Waals surface area contributed by atoms with Gasteiger partial charge in [-0.05, 0) is 100 Å². The first-order valence-corrected chi connectivity index (χ1v) is 15.4. The number of carbonyl (C=O) groups is 1. The van der Waals surface area contributed by atoms with E-state index in [0.29, 0.717) is 23.8 Å². The van der Waals surface area contributed by atoms with Crippen molar-refractivity contribution in [3.05, 3.63) is 59.5 Å². The topological polar surface area (TPSA) is 80.8 Å². The third-order valence-electron chi connectivity index (χ3n) is 9.37. The molecular formula is C34H46N4O2. The van der Waals surface area contributed by atoms with Gasteiger partial charge in [0, 0.05) is 53.8 Å². The summed E-state index contributed by atoms with van der Waals surface area (Å²) in [5, 5.41) is 0. The average molecular weight is 543 g/mol. The smallest absolute Gasteiger partial charge is 0.230 e. The molecule has 3 fully saturated rings. The Morgan fingerprint density at radius 1 is 1.02 bits per heavy atom. The molecule has 1 aromatic heterocycles. The summed E-state index contributed by atoms with van der Waals surface area (Å²) in [4.78, 5) is 25.7. The van der Waals surface area contributed by atoms with Crippen molar-refractivity contribution in [3.63, 3.8) is 0 Å². The number of aliphatic imine (C=N–C) groups is 1. The molecule has 1 heterocycles. The fourth-order valence-electron chi connectivity index (χ4n) is 6.59. The van der Waals surface area contributed by atoms with Crippen molar-refractivity contribution in [2.75, 3.05) is 18.6 Å². The molecule has 0 unspecified atom stereocenters. The number of carbonyl (C=O) groups excluding carboxylic acids is 1. The van der Waals surface area contributed by atoms with E-state index in [1.54, 1.807) is 13.3 Å². The molecule has 3 aliphatic carbocycles. The lowest BCUT2D eigenvalue weighted by Crippen LogP contribution is -2.41. The van der Waals surface area contributed by atoms with Crippen molar-refractivity contribution in [1.29, 1.82) is 0 Å². The summed E-state index contributed by atoms with van der Waals surface area (Å²) >= 11 is 0. The zero-order valence-electron chi connectivity index (χ0n) is 24.4. The lowest BCUT2D eigenvalue weighted by Gasteiger charge is -2.35. The minimum atomic E-state index is 0.130. The Balaban J connectivity index is 1.31. The highest BCUT2D eigenvalue weighted by atomic mass is 16.5. The highest BCUT2D eigenvalue weighted by molar-refractivity contribution is 6.10. The first-order chi connectivity index (χ1) is 19.6. The highest BCUT2D eigenvalue weighted by Crippen LogP contribution is 2.38. The molecule has 3 aliphatic rings. The van der Waals surface area contributed by atoms with Gasteiger partial charge in [-0.1, -0.05) is 31.4 Å². The molecule has 2 N–H and O–H groups in total. The Bertz CT molecular complexity index is 1200. The van der Waals surface area contributed by atoms with Crippen LogP contribution in [-0.4, -0.2) is 36.8 Å². The Morgan fingerprint density at radius 3 is 2.45 bits per heavy atom. The largest absolute Gasteiger partial charge is 0.495 e. The number of methoxy groups -OCH3 is 1. The van der Waals surface area contributed by atoms with E-state index in [0.717, 1.165) is 99.0 Å². The van der Waals surface area contributed by atoms with Crippen molar-refractivity contribution in [3.8, 4) is 5.75 Å². The van der Waals surface area contributed by atoms with Crippen LogP contribution >= 0.6 is 0 Å². The van der Waals surface area contributed by atoms with Gasteiger partial charge in [-0.2, -0.15) is 0 Å². The molecule has 2 aromatic rings. The molecule has 0 spiro atoms. The second-order valence-corrected chi connectivity index (χ2v) is 12.1. The first-order valence-electron chi connectivity index (χ1n) is 15.4. The summed E-state index contributed by atoms with van der Waals surface area (Å²) in [5.74, 6) is 2.23. The van der Waals surface area contributed by atoms with Crippen LogP contribution in [0.2, 0.25) is 0 Å². The molecule has 3 saturated carbocycles. The second kappa shape index (κ2) is 13.5. The summed E-state index contributed by atoms with van der Waals surface area (Å²) in [7, 11) is 1.70. The number of allylic oxidation sites excluding steroid dienone is 1. The number of aryl methyl sites for hydroxylation is 1. The van der Waals surface area contributed by atoms with Crippen LogP contribution in [0.4, 0.5) is 5.69 Å². The quantitative estimate of drug-likeness (QED) is 0.340. The summed E-state index contributed by atoms with van der Waals surface area (Å²) in [6.45, 7) is 2.79. The second-order valence-electron chi connectivity index (χ2n) is 12.1. The van der Waals surface area contributed by atoms with Crippen molar-refractivity contribution < 1.29 is 9.53 Å². The number of rotatable bonds is 9. The van der Waals surface area contributed by atoms with Gasteiger partial charge in [-0.3, -0.25) is 14.8 Å². The standard InChI is InChI=1S/C34H46N4O2/c1-24-33(40-2)19-18-32(37-24)26-16-14-25(15-17-26)23-38(34(39)27-8-4-3-5-9-27)31-13-6-10-28(20-31)29(21-35)22-36-30-11-7-12-30/h6,10,13,18-22,25-27,30H,3-5,7-9,11-12,14-17,23,35H2,1-2H3. The van der Waals surface area contributed by atoms with Gasteiger partial charge in [0.1, 0.15) is 5.75 Å². The zero-order valence-corrected chi connectivity index (χ0v) is 24.4. The number of amides is 1. The van der Waals surface area contributed by atoms with Crippen LogP contribution in [0.15, 0.2) is 47.6 Å². The molecule has 5 rings (SSSR count). The number of aromatic nitrogens is 1. The lowest BCUT2D eigenvalue weighted by atomic mass is 9.79. The lowest BCUT2D eigenvalue weighted by molar-refractivity contribution is -0.123. The van der Waals surface area contributed by atoms with Gasteiger partial charge in [0.2, 0.25) is 5.91 Å². The van der Waals surface area contributed by atoms with Gasteiger partial charge in [-0.15, -0.1) is 0 Å². The van der Waals surface area contributed by atoms with E-state index in [9.17, 15) is 4.79 Å². The van der Waals surface area contributed by atoms with Crippen molar-refractivity contribution in [2.45, 2.75) is 95.9 Å². The maximum Gasteiger partial charge on any atom is 0.230 e. The minimum Gasteiger partial charge on any atom is -0.495 e. The van der Waals surface area contributed by atoms with E-state index < -0.39 is 0 Å². The zero-order chi connectivity index (χ0) is 27.9. The number of nitrogens with two attached hydrogens (primary N) is 1. The van der Waals surface area contributed by atoms with Gasteiger partial charge in [0.15, 0.2) is 0 Å². The Morgan fingerprint density at radius 2 is 1.80 bits per heavy atom. The molecule has 0 saturated heterocycles. The number of hydrogen-bond donors (Lipinski definition) is 1. The van der Waals surface area contributed by atoms with E-state index in [-0.39, 0.29) is 5.92 Å². The molecular weight excluding hydrogens is 496 g/mol. The fraction of sp³-hybridized carbons (Fsp3) is 0.559. The number of ether oxygens (including phenoxy) is 1. The van der Waals surface area contributed by atoms with E-state index in [2.05, 4.69) is 35.2 Å². The van der Waals surface area contributed by atoms with Crippen LogP contribution in [-0.2, 0) is 4.79 Å². The normalized spacial score (nSPS) is 22.7. The Kier molecular flexibility index (Phi) is 9.56. The van der Waals surface area contributed by atoms with Crippen LogP contribution in [0, 0.1) is 18.8 Å². The van der Waals surface area contributed by atoms with Gasteiger partial charge in [-0.25, -0.2) is 0 Å². The van der Waals surface area contributed by atoms with Crippen molar-refractivity contribution >= 4 is 23.4 Å². The maximum atomic E-state index is 14.0. The molecule has 6 heteroatoms. The van der Waals surface area contributed by atoms with E-state index >= 15 is 0 Å². The maximum absolute atomic E-state index is 14.0. The third kappa shape index (κ3) is 6.76. The van der Waals surface area contributed by atoms with Gasteiger partial charge < -0.3 is 15.4 Å². The molecule has 0 aliphatic heterocycles. The number of pyridine rings is 1. The van der Waals surface area contributed by atoms with Crippen LogP contribution in [0.5, 0.6) is 5.75 Å². The number of nitrogens with zero attached hydrogens (tertiary/aromatic N) is 3. The summed E-state index contributed by atoms with van der Waals surface area (Å²) in [6, 6.07) is 13.0. The van der Waals surface area contributed by atoms with Crippen LogP contribution in [0.25, 0.3) is 5.57 Å². The molecule has 1 amide bonds. The van der Waals surface area contributed by atoms with Crippen molar-refractivity contribution in [1.82, 2.24) is 4.98 Å². The number of anilines is 1. The summed E-state index contributed by atoms with van der Waals surface area (Å²) in [5.41, 5.74) is 11.1. The van der Waals surface area contributed by atoms with Gasteiger partial charge >= 0.3 is 0 Å². The Labute approximate surface area is 240 Å². The molecule has 0 atom stereocenters. The van der Waals surface area contributed by atoms with E-state index in [1.165, 1.54) is 18.5 Å². The molecule has 6 nitrogen and oxygen atoms in total. The monoisotopic (exact) mass is 542 g/mol. The van der Waals surface area contributed by atoms with Crippen LogP contribution in [0.3, 0.4) is 0 Å². The Hall–Kier alpha value is -3.15. The highest BCUT2D eigenvalue weighted by Gasteiger charge is 2.31. The fourth-order valence-corrected chi connectivity index (χ4v) is 6.59. The average Bonchev–Trinajstić information content (AvgIpc) is 2.97. The number of benzene rings is 1. The van der Waals surface area contributed by atoms with E-state index in [1.807, 2.05) is 19.2 Å². The molecule has 0 radical (unpaired) electrons. The predicted molar refractivity (Wildman–Crippen MR) is 164 cm³/mol. The molecule has 0 bridgehead atoms. The van der Waals surface area contributed by atoms with Gasteiger partial charge in [0.05, 0.1) is 12.8 Å². The first kappa shape index (κ1) is 28.4.